The zero-order valence-electron chi connectivity index (χ0n) is 20.4. The molecule has 0 aromatic carbocycles. The van der Waals surface area contributed by atoms with Crippen LogP contribution in [0.3, 0.4) is 0 Å². The summed E-state index contributed by atoms with van der Waals surface area (Å²) in [5.41, 5.74) is 1.77. The minimum Gasteiger partial charge on any atom is -0.493 e. The SMILES string of the molecule is COc1cc(-c2cc(=O)n3cc(C4CCN(C(=O)OC(C)(C)C)CC4)sc3n2)nn2cc(C)nc12. The Bertz CT molecular complexity index is 1470. The van der Waals surface area contributed by atoms with Crippen molar-refractivity contribution in [2.75, 3.05) is 20.2 Å². The van der Waals surface area contributed by atoms with Crippen LogP contribution in [0, 0.1) is 6.92 Å². The van der Waals surface area contributed by atoms with Gasteiger partial charge in [-0.3, -0.25) is 9.20 Å². The summed E-state index contributed by atoms with van der Waals surface area (Å²) in [5.74, 6) is 0.820. The van der Waals surface area contributed by atoms with Gasteiger partial charge in [-0.25, -0.2) is 19.3 Å². The molecule has 0 aliphatic carbocycles. The lowest BCUT2D eigenvalue weighted by Gasteiger charge is -2.33. The van der Waals surface area contributed by atoms with Crippen LogP contribution in [0.5, 0.6) is 5.75 Å². The van der Waals surface area contributed by atoms with Gasteiger partial charge in [0.05, 0.1) is 24.7 Å². The van der Waals surface area contributed by atoms with Crippen molar-refractivity contribution in [3.8, 4) is 17.1 Å². The van der Waals surface area contributed by atoms with Gasteiger partial charge in [0.15, 0.2) is 16.4 Å². The van der Waals surface area contributed by atoms with Crippen LogP contribution in [0.15, 0.2) is 29.3 Å². The molecule has 0 N–H and O–H groups in total. The van der Waals surface area contributed by atoms with Gasteiger partial charge in [0.2, 0.25) is 0 Å². The molecule has 0 saturated carbocycles. The third kappa shape index (κ3) is 4.60. The number of hydrogen-bond acceptors (Lipinski definition) is 8. The normalized spacial score (nSPS) is 15.2. The Labute approximate surface area is 206 Å². The molecule has 4 aromatic rings. The molecule has 0 unspecified atom stereocenters. The number of thiazole rings is 1. The molecule has 35 heavy (non-hydrogen) atoms. The number of aromatic nitrogens is 5. The standard InChI is InChI=1S/C24H28N6O4S/c1-14-12-30-21(25-14)18(33-5)10-17(27-30)16-11-20(31)29-13-19(35-22(29)26-16)15-6-8-28(9-7-15)23(32)34-24(2,3)4/h10-13,15H,6-9H2,1-5H3. The first-order valence-corrected chi connectivity index (χ1v) is 12.4. The summed E-state index contributed by atoms with van der Waals surface area (Å²) < 4.78 is 14.2. The predicted molar refractivity (Wildman–Crippen MR) is 132 cm³/mol. The molecule has 184 valence electrons. The van der Waals surface area contributed by atoms with E-state index in [2.05, 4.69) is 10.1 Å². The maximum Gasteiger partial charge on any atom is 0.410 e. The van der Waals surface area contributed by atoms with Crippen LogP contribution in [0.1, 0.15) is 50.1 Å². The number of amides is 1. The van der Waals surface area contributed by atoms with E-state index < -0.39 is 5.60 Å². The molecule has 0 spiro atoms. The van der Waals surface area contributed by atoms with Gasteiger partial charge in [0, 0.05) is 36.3 Å². The van der Waals surface area contributed by atoms with Crippen molar-refractivity contribution < 1.29 is 14.3 Å². The first-order valence-electron chi connectivity index (χ1n) is 11.5. The van der Waals surface area contributed by atoms with Gasteiger partial charge >= 0.3 is 6.09 Å². The summed E-state index contributed by atoms with van der Waals surface area (Å²) in [6, 6.07) is 3.24. The van der Waals surface area contributed by atoms with Crippen molar-refractivity contribution >= 4 is 28.0 Å². The molecule has 11 heteroatoms. The van der Waals surface area contributed by atoms with Gasteiger partial charge in [0.1, 0.15) is 11.3 Å². The number of methoxy groups -OCH3 is 1. The lowest BCUT2D eigenvalue weighted by molar-refractivity contribution is 0.0205. The quantitative estimate of drug-likeness (QED) is 0.424. The van der Waals surface area contributed by atoms with Crippen molar-refractivity contribution in [2.45, 2.75) is 52.1 Å². The molecule has 1 amide bonds. The second kappa shape index (κ2) is 8.63. The van der Waals surface area contributed by atoms with E-state index in [9.17, 15) is 9.59 Å². The average molecular weight is 497 g/mol. The number of piperidine rings is 1. The van der Waals surface area contributed by atoms with E-state index in [1.165, 1.54) is 17.4 Å². The second-order valence-electron chi connectivity index (χ2n) is 9.76. The largest absolute Gasteiger partial charge is 0.493 e. The first-order chi connectivity index (χ1) is 16.6. The first kappa shape index (κ1) is 23.3. The lowest BCUT2D eigenvalue weighted by Crippen LogP contribution is -2.41. The maximum absolute atomic E-state index is 12.9. The van der Waals surface area contributed by atoms with Crippen molar-refractivity contribution in [1.82, 2.24) is 28.9 Å². The number of likely N-dealkylation sites (tertiary alicyclic amines) is 1. The lowest BCUT2D eigenvalue weighted by atomic mass is 9.96. The van der Waals surface area contributed by atoms with Gasteiger partial charge in [-0.2, -0.15) is 5.10 Å². The van der Waals surface area contributed by atoms with Gasteiger partial charge in [0.25, 0.3) is 5.56 Å². The number of imidazole rings is 1. The summed E-state index contributed by atoms with van der Waals surface area (Å²) in [5, 5.41) is 4.59. The van der Waals surface area contributed by atoms with Gasteiger partial charge in [-0.15, -0.1) is 11.3 Å². The molecule has 1 fully saturated rings. The zero-order chi connectivity index (χ0) is 24.9. The fourth-order valence-corrected chi connectivity index (χ4v) is 5.41. The molecular formula is C24H28N6O4S. The summed E-state index contributed by atoms with van der Waals surface area (Å²) in [6.45, 7) is 8.73. The molecule has 1 aliphatic heterocycles. The fraction of sp³-hybridized carbons (Fsp3) is 0.458. The van der Waals surface area contributed by atoms with Crippen LogP contribution < -0.4 is 10.3 Å². The Morgan fingerprint density at radius 1 is 1.11 bits per heavy atom. The number of hydrogen-bond donors (Lipinski definition) is 0. The van der Waals surface area contributed by atoms with Crippen molar-refractivity contribution in [1.29, 1.82) is 0 Å². The van der Waals surface area contributed by atoms with Crippen LogP contribution in [0.2, 0.25) is 0 Å². The highest BCUT2D eigenvalue weighted by atomic mass is 32.1. The highest BCUT2D eigenvalue weighted by Crippen LogP contribution is 2.33. The van der Waals surface area contributed by atoms with Crippen LogP contribution in [-0.4, -0.2) is 60.8 Å². The predicted octanol–water partition coefficient (Wildman–Crippen LogP) is 3.90. The number of rotatable bonds is 3. The highest BCUT2D eigenvalue weighted by Gasteiger charge is 2.28. The molecule has 0 atom stereocenters. The summed E-state index contributed by atoms with van der Waals surface area (Å²) in [6.07, 6.45) is 5.03. The summed E-state index contributed by atoms with van der Waals surface area (Å²) in [4.78, 5) is 37.9. The van der Waals surface area contributed by atoms with Gasteiger partial charge in [-0.1, -0.05) is 0 Å². The number of ether oxygens (including phenoxy) is 2. The van der Waals surface area contributed by atoms with Crippen molar-refractivity contribution in [2.24, 2.45) is 0 Å². The molecule has 5 heterocycles. The third-order valence-electron chi connectivity index (χ3n) is 5.93. The molecule has 1 saturated heterocycles. The smallest absolute Gasteiger partial charge is 0.410 e. The summed E-state index contributed by atoms with van der Waals surface area (Å²) >= 11 is 1.50. The van der Waals surface area contributed by atoms with Crippen molar-refractivity contribution in [3.05, 3.63) is 45.5 Å². The Morgan fingerprint density at radius 3 is 2.54 bits per heavy atom. The average Bonchev–Trinajstić information content (AvgIpc) is 3.40. The van der Waals surface area contributed by atoms with E-state index in [0.29, 0.717) is 40.8 Å². The highest BCUT2D eigenvalue weighted by molar-refractivity contribution is 7.17. The Balaban J connectivity index is 1.41. The van der Waals surface area contributed by atoms with Gasteiger partial charge < -0.3 is 14.4 Å². The van der Waals surface area contributed by atoms with E-state index in [1.54, 1.807) is 33.2 Å². The van der Waals surface area contributed by atoms with Crippen LogP contribution in [0.4, 0.5) is 4.79 Å². The molecule has 10 nitrogen and oxygen atoms in total. The number of nitrogens with zero attached hydrogens (tertiary/aromatic N) is 6. The summed E-state index contributed by atoms with van der Waals surface area (Å²) in [7, 11) is 1.58. The maximum atomic E-state index is 12.9. The molecular weight excluding hydrogens is 468 g/mol. The molecule has 4 aromatic heterocycles. The topological polar surface area (TPSA) is 103 Å². The molecule has 1 aliphatic rings. The van der Waals surface area contributed by atoms with E-state index >= 15 is 0 Å². The Hall–Kier alpha value is -3.47. The van der Waals surface area contributed by atoms with E-state index in [-0.39, 0.29) is 17.6 Å². The minimum absolute atomic E-state index is 0.165. The number of carbonyl (C=O) groups is 1. The van der Waals surface area contributed by atoms with Crippen LogP contribution in [0.25, 0.3) is 22.0 Å². The number of aryl methyl sites for hydroxylation is 1. The van der Waals surface area contributed by atoms with E-state index in [4.69, 9.17) is 14.5 Å². The Kier molecular flexibility index (Phi) is 5.74. The molecule has 0 radical (unpaired) electrons. The zero-order valence-corrected chi connectivity index (χ0v) is 21.3. The molecule has 0 bridgehead atoms. The fourth-order valence-electron chi connectivity index (χ4n) is 4.25. The van der Waals surface area contributed by atoms with Crippen molar-refractivity contribution in [3.63, 3.8) is 0 Å². The van der Waals surface area contributed by atoms with Gasteiger partial charge in [-0.05, 0) is 46.5 Å². The molecule has 5 rings (SSSR count). The van der Waals surface area contributed by atoms with Crippen LogP contribution >= 0.6 is 11.3 Å². The number of fused-ring (bicyclic) bond motifs is 2. The number of carbonyl (C=O) groups excluding carboxylic acids is 1. The third-order valence-corrected chi connectivity index (χ3v) is 7.07. The van der Waals surface area contributed by atoms with E-state index in [0.717, 1.165) is 23.4 Å². The van der Waals surface area contributed by atoms with E-state index in [1.807, 2.05) is 33.9 Å². The second-order valence-corrected chi connectivity index (χ2v) is 10.8. The monoisotopic (exact) mass is 496 g/mol. The minimum atomic E-state index is -0.510. The Morgan fingerprint density at radius 2 is 1.86 bits per heavy atom. The van der Waals surface area contributed by atoms with Crippen LogP contribution in [-0.2, 0) is 4.74 Å².